The zero-order chi connectivity index (χ0) is 50.4. The molecule has 0 saturated heterocycles. The van der Waals surface area contributed by atoms with Crippen LogP contribution in [0.1, 0.15) is 0 Å². The van der Waals surface area contributed by atoms with Crippen molar-refractivity contribution in [2.45, 2.75) is 0 Å². The number of hydrogen-bond acceptors (Lipinski definition) is 10. The molecule has 0 bridgehead atoms. The van der Waals surface area contributed by atoms with Crippen molar-refractivity contribution in [3.05, 3.63) is 255 Å². The Morgan fingerprint density at radius 2 is 0.474 bits per heavy atom. The summed E-state index contributed by atoms with van der Waals surface area (Å²) in [4.78, 5) is 36.3. The average Bonchev–Trinajstić information content (AvgIpc) is 3.51. The molecular weight excluding hydrogens is 937 g/mol. The first-order chi connectivity index (χ1) is 37.7. The molecule has 2 aliphatic heterocycles. The summed E-state index contributed by atoms with van der Waals surface area (Å²) in [5.74, 6) is 6.10. The van der Waals surface area contributed by atoms with Crippen LogP contribution in [0.4, 0.5) is 34.1 Å². The maximum Gasteiger partial charge on any atom is 0.164 e. The fraction of sp³-hybridized carbons (Fsp3) is 0. The van der Waals surface area contributed by atoms with Crippen LogP contribution in [0.5, 0.6) is 23.0 Å². The molecule has 2 aromatic heterocycles. The van der Waals surface area contributed by atoms with Crippen LogP contribution in [-0.2, 0) is 0 Å². The third-order valence-corrected chi connectivity index (χ3v) is 13.6. The molecule has 0 saturated carbocycles. The Morgan fingerprint density at radius 1 is 0.224 bits per heavy atom. The van der Waals surface area contributed by atoms with Crippen molar-refractivity contribution in [3.63, 3.8) is 0 Å². The molecule has 0 fully saturated rings. The van der Waals surface area contributed by atoms with E-state index in [1.165, 1.54) is 0 Å². The number of anilines is 6. The molecule has 10 aromatic carbocycles. The fourth-order valence-corrected chi connectivity index (χ4v) is 10.0. The number of hydrogen-bond donors (Lipinski definition) is 0. The normalized spacial score (nSPS) is 12.1. The van der Waals surface area contributed by atoms with E-state index in [1.807, 2.05) is 194 Å². The average molecular weight is 979 g/mol. The van der Waals surface area contributed by atoms with Crippen molar-refractivity contribution in [2.24, 2.45) is 0 Å². The smallest absolute Gasteiger partial charge is 0.164 e. The number of benzene rings is 10. The van der Waals surface area contributed by atoms with Gasteiger partial charge in [0.15, 0.2) is 57.9 Å². The highest BCUT2D eigenvalue weighted by molar-refractivity contribution is 5.97. The molecular formula is C66H42N8O2. The molecule has 12 aromatic rings. The number of rotatable bonds is 9. The molecule has 0 N–H and O–H groups in total. The summed E-state index contributed by atoms with van der Waals surface area (Å²) in [6.07, 6.45) is 0. The minimum absolute atomic E-state index is 0.482. The maximum atomic E-state index is 6.51. The molecule has 76 heavy (non-hydrogen) atoms. The highest BCUT2D eigenvalue weighted by Gasteiger charge is 2.30. The predicted octanol–water partition coefficient (Wildman–Crippen LogP) is 16.9. The molecule has 358 valence electrons. The van der Waals surface area contributed by atoms with Gasteiger partial charge in [-0.1, -0.05) is 182 Å². The van der Waals surface area contributed by atoms with Crippen molar-refractivity contribution in [1.29, 1.82) is 0 Å². The van der Waals surface area contributed by atoms with Gasteiger partial charge in [-0.05, 0) is 83.9 Å². The fourth-order valence-electron chi connectivity index (χ4n) is 10.0. The van der Waals surface area contributed by atoms with Gasteiger partial charge in [-0.3, -0.25) is 0 Å². The standard InChI is InChI=1S/C66H42N8O2/c1-5-21-43(22-6-1)61-67-62(44-23-7-2-8-24-44)70-65(69-61)51-41-47(73-53-29-13-17-33-57(53)75-58-34-18-14-30-54(58)73)37-39-49(51)50-40-38-48(74-55-31-15-19-35-59(55)76-60-36-20-16-32-56(60)74)42-52(50)66-71-63(45-25-9-3-10-26-45)68-64(72-66)46-27-11-4-12-28-46/h1-42H. The van der Waals surface area contributed by atoms with Gasteiger partial charge < -0.3 is 19.3 Å². The van der Waals surface area contributed by atoms with Gasteiger partial charge in [-0.2, -0.15) is 0 Å². The summed E-state index contributed by atoms with van der Waals surface area (Å²) < 4.78 is 13.0. The monoisotopic (exact) mass is 978 g/mol. The van der Waals surface area contributed by atoms with Crippen molar-refractivity contribution in [1.82, 2.24) is 29.9 Å². The van der Waals surface area contributed by atoms with Gasteiger partial charge in [0.05, 0.1) is 22.7 Å². The first-order valence-corrected chi connectivity index (χ1v) is 25.0. The number of para-hydroxylation sites is 8. The Labute approximate surface area is 438 Å². The van der Waals surface area contributed by atoms with Crippen LogP contribution in [0.3, 0.4) is 0 Å². The van der Waals surface area contributed by atoms with Crippen LogP contribution in [0.25, 0.3) is 79.5 Å². The Kier molecular flexibility index (Phi) is 10.9. The quantitative estimate of drug-likeness (QED) is 0.139. The van der Waals surface area contributed by atoms with E-state index in [4.69, 9.17) is 39.4 Å². The van der Waals surface area contributed by atoms with Crippen molar-refractivity contribution in [3.8, 4) is 102 Å². The van der Waals surface area contributed by atoms with Crippen molar-refractivity contribution >= 4 is 34.1 Å². The van der Waals surface area contributed by atoms with E-state index in [-0.39, 0.29) is 0 Å². The third-order valence-electron chi connectivity index (χ3n) is 13.6. The molecule has 0 unspecified atom stereocenters. The second-order valence-electron chi connectivity index (χ2n) is 18.3. The van der Waals surface area contributed by atoms with E-state index < -0.39 is 0 Å². The number of aromatic nitrogens is 6. The number of fused-ring (bicyclic) bond motifs is 4. The highest BCUT2D eigenvalue weighted by atomic mass is 16.5. The summed E-state index contributed by atoms with van der Waals surface area (Å²) in [6.45, 7) is 0. The summed E-state index contributed by atoms with van der Waals surface area (Å²) >= 11 is 0. The highest BCUT2D eigenvalue weighted by Crippen LogP contribution is 2.54. The molecule has 2 aliphatic rings. The van der Waals surface area contributed by atoms with Crippen LogP contribution in [-0.4, -0.2) is 29.9 Å². The molecule has 0 atom stereocenters. The van der Waals surface area contributed by atoms with Gasteiger partial charge in [0.1, 0.15) is 0 Å². The second kappa shape index (κ2) is 18.8. The Hall–Kier alpha value is -10.6. The summed E-state index contributed by atoms with van der Waals surface area (Å²) in [5, 5.41) is 0. The van der Waals surface area contributed by atoms with Crippen LogP contribution < -0.4 is 19.3 Å². The lowest BCUT2D eigenvalue weighted by Crippen LogP contribution is -2.16. The van der Waals surface area contributed by atoms with E-state index in [9.17, 15) is 0 Å². The van der Waals surface area contributed by atoms with Crippen LogP contribution in [0, 0.1) is 0 Å². The van der Waals surface area contributed by atoms with Gasteiger partial charge in [-0.25, -0.2) is 29.9 Å². The molecule has 0 spiro atoms. The third kappa shape index (κ3) is 8.03. The van der Waals surface area contributed by atoms with E-state index in [0.717, 1.165) is 102 Å². The van der Waals surface area contributed by atoms with Crippen molar-refractivity contribution in [2.75, 3.05) is 9.80 Å². The van der Waals surface area contributed by atoms with Gasteiger partial charge in [-0.15, -0.1) is 0 Å². The zero-order valence-corrected chi connectivity index (χ0v) is 40.6. The molecule has 10 nitrogen and oxygen atoms in total. The minimum Gasteiger partial charge on any atom is -0.453 e. The maximum absolute atomic E-state index is 6.51. The molecule has 0 aliphatic carbocycles. The SMILES string of the molecule is c1ccc(-c2nc(-c3ccccc3)nc(-c3cc(N4c5ccccc5Oc5ccccc54)ccc3-c3ccc(N4c5ccccc5Oc5ccccc54)cc3-c3nc(-c4ccccc4)nc(-c4ccccc4)n3)n2)cc1. The van der Waals surface area contributed by atoms with Crippen LogP contribution in [0.15, 0.2) is 255 Å². The van der Waals surface area contributed by atoms with Crippen molar-refractivity contribution < 1.29 is 9.47 Å². The zero-order valence-electron chi connectivity index (χ0n) is 40.6. The second-order valence-corrected chi connectivity index (χ2v) is 18.3. The Bertz CT molecular complexity index is 3670. The first-order valence-electron chi connectivity index (χ1n) is 25.0. The lowest BCUT2D eigenvalue weighted by atomic mass is 9.92. The molecule has 14 rings (SSSR count). The van der Waals surface area contributed by atoms with Gasteiger partial charge in [0.25, 0.3) is 0 Å². The summed E-state index contributed by atoms with van der Waals surface area (Å²) in [6, 6.07) is 85.6. The minimum atomic E-state index is 0.482. The number of ether oxygens (including phenoxy) is 2. The topological polar surface area (TPSA) is 102 Å². The molecule has 4 heterocycles. The van der Waals surface area contributed by atoms with E-state index in [1.54, 1.807) is 0 Å². The van der Waals surface area contributed by atoms with Crippen LogP contribution in [0.2, 0.25) is 0 Å². The van der Waals surface area contributed by atoms with Gasteiger partial charge in [0, 0.05) is 44.8 Å². The van der Waals surface area contributed by atoms with Gasteiger partial charge >= 0.3 is 0 Å². The van der Waals surface area contributed by atoms with E-state index in [2.05, 4.69) is 70.5 Å². The lowest BCUT2D eigenvalue weighted by Gasteiger charge is -2.33. The summed E-state index contributed by atoms with van der Waals surface area (Å²) in [7, 11) is 0. The molecule has 10 heteroatoms. The Balaban J connectivity index is 1.07. The lowest BCUT2D eigenvalue weighted by molar-refractivity contribution is 0.477. The Morgan fingerprint density at radius 3 is 0.763 bits per heavy atom. The van der Waals surface area contributed by atoms with E-state index >= 15 is 0 Å². The predicted molar refractivity (Wildman–Crippen MR) is 301 cm³/mol. The van der Waals surface area contributed by atoms with E-state index in [0.29, 0.717) is 34.9 Å². The number of nitrogens with zero attached hydrogens (tertiary/aromatic N) is 8. The van der Waals surface area contributed by atoms with Gasteiger partial charge in [0.2, 0.25) is 0 Å². The largest absolute Gasteiger partial charge is 0.453 e. The van der Waals surface area contributed by atoms with Crippen LogP contribution >= 0.6 is 0 Å². The molecule has 0 radical (unpaired) electrons. The molecule has 0 amide bonds. The first kappa shape index (κ1) is 44.1. The summed E-state index contributed by atoms with van der Waals surface area (Å²) in [5.41, 5.74) is 12.0.